The van der Waals surface area contributed by atoms with Gasteiger partial charge in [-0.1, -0.05) is 53.5 Å². The number of carboxylic acid groups (broad SMARTS) is 1. The first-order chi connectivity index (χ1) is 14.4. The predicted molar refractivity (Wildman–Crippen MR) is 114 cm³/mol. The van der Waals surface area contributed by atoms with Crippen LogP contribution in [0.4, 0.5) is 0 Å². The second-order valence-electron chi connectivity index (χ2n) is 7.67. The minimum absolute atomic E-state index is 0.0367. The van der Waals surface area contributed by atoms with Crippen LogP contribution < -0.4 is 0 Å². The van der Waals surface area contributed by atoms with Crippen LogP contribution in [0.5, 0.6) is 0 Å². The third kappa shape index (κ3) is 4.05. The normalized spacial score (nSPS) is 21.1. The first kappa shape index (κ1) is 21.1. The molecule has 158 valence electrons. The zero-order valence-corrected chi connectivity index (χ0v) is 17.8. The molecule has 1 unspecified atom stereocenters. The van der Waals surface area contributed by atoms with Gasteiger partial charge >= 0.3 is 5.97 Å². The van der Waals surface area contributed by atoms with Gasteiger partial charge in [0.1, 0.15) is 5.72 Å². The molecule has 0 aliphatic carbocycles. The van der Waals surface area contributed by atoms with Crippen LogP contribution in [0.2, 0.25) is 10.0 Å². The molecular weight excluding hydrogens is 427 g/mol. The fraction of sp³-hybridized carbons (Fsp3) is 0.364. The molecule has 0 bridgehead atoms. The number of amides is 1. The number of piperidine rings is 1. The van der Waals surface area contributed by atoms with Crippen LogP contribution in [0, 0.1) is 0 Å². The van der Waals surface area contributed by atoms with Crippen molar-refractivity contribution in [1.29, 1.82) is 0 Å². The zero-order valence-electron chi connectivity index (χ0n) is 16.3. The summed E-state index contributed by atoms with van der Waals surface area (Å²) >= 11 is 12.2. The number of aliphatic carboxylic acids is 1. The topological polar surface area (TPSA) is 70.1 Å². The highest BCUT2D eigenvalue weighted by Crippen LogP contribution is 2.39. The van der Waals surface area contributed by atoms with Crippen LogP contribution in [-0.2, 0) is 16.1 Å². The molecular formula is C22H22Cl2N2O4. The monoisotopic (exact) mass is 448 g/mol. The van der Waals surface area contributed by atoms with E-state index >= 15 is 0 Å². The molecule has 1 atom stereocenters. The summed E-state index contributed by atoms with van der Waals surface area (Å²) in [7, 11) is 0. The molecule has 0 radical (unpaired) electrons. The zero-order chi connectivity index (χ0) is 21.3. The molecule has 2 aliphatic heterocycles. The molecule has 8 heteroatoms. The standard InChI is InChI=1S/C22H22Cl2N2O4/c23-16-6-7-17(18(24)12-16)20(27)26-19(21(28)29)14-30-22(26)8-10-25(11-9-22)13-15-4-2-1-3-5-15/h1-7,12,19H,8-11,13-14H2,(H,28,29). The summed E-state index contributed by atoms with van der Waals surface area (Å²) in [5.41, 5.74) is 0.491. The Morgan fingerprint density at radius 1 is 1.10 bits per heavy atom. The minimum Gasteiger partial charge on any atom is -0.480 e. The Kier molecular flexibility index (Phi) is 6.02. The maximum Gasteiger partial charge on any atom is 0.328 e. The van der Waals surface area contributed by atoms with Gasteiger partial charge in [0, 0.05) is 37.5 Å². The Hall–Kier alpha value is -2.12. The molecule has 2 heterocycles. The largest absolute Gasteiger partial charge is 0.480 e. The van der Waals surface area contributed by atoms with Crippen LogP contribution in [0.1, 0.15) is 28.8 Å². The Labute approximate surface area is 184 Å². The third-order valence-electron chi connectivity index (χ3n) is 5.81. The number of hydrogen-bond acceptors (Lipinski definition) is 4. The SMILES string of the molecule is O=C(O)C1COC2(CCN(Cc3ccccc3)CC2)N1C(=O)c1ccc(Cl)cc1Cl. The first-order valence-electron chi connectivity index (χ1n) is 9.81. The van der Waals surface area contributed by atoms with Crippen molar-refractivity contribution in [2.45, 2.75) is 31.2 Å². The fourth-order valence-electron chi connectivity index (χ4n) is 4.25. The Bertz CT molecular complexity index is 945. The summed E-state index contributed by atoms with van der Waals surface area (Å²) < 4.78 is 6.00. The summed E-state index contributed by atoms with van der Waals surface area (Å²) in [5.74, 6) is -1.53. The van der Waals surface area contributed by atoms with E-state index in [1.807, 2.05) is 18.2 Å². The Morgan fingerprint density at radius 3 is 2.43 bits per heavy atom. The van der Waals surface area contributed by atoms with Crippen LogP contribution >= 0.6 is 23.2 Å². The average molecular weight is 449 g/mol. The lowest BCUT2D eigenvalue weighted by molar-refractivity contribution is -0.144. The number of rotatable bonds is 4. The third-order valence-corrected chi connectivity index (χ3v) is 6.36. The second-order valence-corrected chi connectivity index (χ2v) is 8.52. The molecule has 2 fully saturated rings. The van der Waals surface area contributed by atoms with Crippen molar-refractivity contribution in [2.75, 3.05) is 19.7 Å². The molecule has 0 saturated carbocycles. The van der Waals surface area contributed by atoms with E-state index in [1.165, 1.54) is 22.6 Å². The predicted octanol–water partition coefficient (Wildman–Crippen LogP) is 3.91. The number of carboxylic acids is 1. The van der Waals surface area contributed by atoms with Gasteiger partial charge in [-0.2, -0.15) is 0 Å². The lowest BCUT2D eigenvalue weighted by atomic mass is 9.96. The van der Waals surface area contributed by atoms with Crippen molar-refractivity contribution in [2.24, 2.45) is 0 Å². The molecule has 2 saturated heterocycles. The number of halogens is 2. The molecule has 30 heavy (non-hydrogen) atoms. The molecule has 2 aromatic carbocycles. The van der Waals surface area contributed by atoms with E-state index in [0.29, 0.717) is 31.0 Å². The summed E-state index contributed by atoms with van der Waals surface area (Å²) in [6.45, 7) is 2.15. The number of carbonyl (C=O) groups is 2. The summed E-state index contributed by atoms with van der Waals surface area (Å²) in [4.78, 5) is 28.9. The van der Waals surface area contributed by atoms with E-state index in [9.17, 15) is 14.7 Å². The van der Waals surface area contributed by atoms with Gasteiger partial charge in [-0.15, -0.1) is 0 Å². The van der Waals surface area contributed by atoms with E-state index in [1.54, 1.807) is 6.07 Å². The van der Waals surface area contributed by atoms with Gasteiger partial charge in [-0.25, -0.2) is 4.79 Å². The quantitative estimate of drug-likeness (QED) is 0.767. The van der Waals surface area contributed by atoms with Crippen molar-refractivity contribution >= 4 is 35.1 Å². The number of likely N-dealkylation sites (tertiary alicyclic amines) is 1. The highest BCUT2D eigenvalue weighted by Gasteiger charge is 2.54. The first-order valence-corrected chi connectivity index (χ1v) is 10.6. The Morgan fingerprint density at radius 2 is 1.80 bits per heavy atom. The van der Waals surface area contributed by atoms with Gasteiger partial charge in [-0.3, -0.25) is 14.6 Å². The minimum atomic E-state index is -1.09. The Balaban J connectivity index is 1.56. The smallest absolute Gasteiger partial charge is 0.328 e. The van der Waals surface area contributed by atoms with E-state index in [0.717, 1.165) is 6.54 Å². The lowest BCUT2D eigenvalue weighted by Crippen LogP contribution is -2.58. The fourth-order valence-corrected chi connectivity index (χ4v) is 4.74. The van der Waals surface area contributed by atoms with Crippen molar-refractivity contribution in [3.05, 3.63) is 69.7 Å². The van der Waals surface area contributed by atoms with Gasteiger partial charge in [0.25, 0.3) is 5.91 Å². The maximum absolute atomic E-state index is 13.4. The molecule has 2 aliphatic rings. The maximum atomic E-state index is 13.4. The number of carbonyl (C=O) groups excluding carboxylic acids is 1. The van der Waals surface area contributed by atoms with Gasteiger partial charge in [0.15, 0.2) is 6.04 Å². The highest BCUT2D eigenvalue weighted by atomic mass is 35.5. The molecule has 1 spiro atoms. The van der Waals surface area contributed by atoms with E-state index in [-0.39, 0.29) is 17.2 Å². The summed E-state index contributed by atoms with van der Waals surface area (Å²) in [6.07, 6.45) is 1.06. The van der Waals surface area contributed by atoms with E-state index < -0.39 is 23.6 Å². The van der Waals surface area contributed by atoms with Crippen LogP contribution in [0.15, 0.2) is 48.5 Å². The van der Waals surface area contributed by atoms with Gasteiger partial charge in [-0.05, 0) is 23.8 Å². The molecule has 2 aromatic rings. The number of benzene rings is 2. The van der Waals surface area contributed by atoms with Crippen molar-refractivity contribution in [3.63, 3.8) is 0 Å². The highest BCUT2D eigenvalue weighted by molar-refractivity contribution is 6.36. The van der Waals surface area contributed by atoms with Crippen molar-refractivity contribution in [1.82, 2.24) is 9.80 Å². The van der Waals surface area contributed by atoms with Crippen molar-refractivity contribution < 1.29 is 19.4 Å². The van der Waals surface area contributed by atoms with E-state index in [2.05, 4.69) is 17.0 Å². The number of hydrogen-bond donors (Lipinski definition) is 1. The molecule has 0 aromatic heterocycles. The van der Waals surface area contributed by atoms with Crippen molar-refractivity contribution in [3.8, 4) is 0 Å². The van der Waals surface area contributed by atoms with Gasteiger partial charge < -0.3 is 9.84 Å². The van der Waals surface area contributed by atoms with Gasteiger partial charge in [0.2, 0.25) is 0 Å². The number of ether oxygens (including phenoxy) is 1. The molecule has 6 nitrogen and oxygen atoms in total. The summed E-state index contributed by atoms with van der Waals surface area (Å²) in [6, 6.07) is 13.7. The average Bonchev–Trinajstić information content (AvgIpc) is 3.09. The number of nitrogens with zero attached hydrogens (tertiary/aromatic N) is 2. The molecule has 4 rings (SSSR count). The van der Waals surface area contributed by atoms with Gasteiger partial charge in [0.05, 0.1) is 17.2 Å². The van der Waals surface area contributed by atoms with E-state index in [4.69, 9.17) is 27.9 Å². The summed E-state index contributed by atoms with van der Waals surface area (Å²) in [5, 5.41) is 10.3. The van der Waals surface area contributed by atoms with Crippen LogP contribution in [-0.4, -0.2) is 58.2 Å². The lowest BCUT2D eigenvalue weighted by Gasteiger charge is -2.44. The molecule has 1 N–H and O–H groups in total. The van der Waals surface area contributed by atoms with Crippen LogP contribution in [0.25, 0.3) is 0 Å². The van der Waals surface area contributed by atoms with Crippen LogP contribution in [0.3, 0.4) is 0 Å². The second kappa shape index (κ2) is 8.55. The molecule has 1 amide bonds.